The number of ether oxygens (including phenoxy) is 1. The number of anilines is 1. The quantitative estimate of drug-likeness (QED) is 0.0344. The van der Waals surface area contributed by atoms with Gasteiger partial charge in [0.2, 0.25) is 5.91 Å². The summed E-state index contributed by atoms with van der Waals surface area (Å²) in [4.78, 5) is 88.4. The van der Waals surface area contributed by atoms with E-state index in [4.69, 9.17) is 17.0 Å². The predicted octanol–water partition coefficient (Wildman–Crippen LogP) is 1.93. The van der Waals surface area contributed by atoms with E-state index in [2.05, 4.69) is 16.0 Å². The van der Waals surface area contributed by atoms with Crippen molar-refractivity contribution in [1.82, 2.24) is 25.3 Å². The molecule has 3 rings (SSSR count). The van der Waals surface area contributed by atoms with Crippen LogP contribution in [0, 0.1) is 0 Å². The molecule has 0 heterocycles. The predicted molar refractivity (Wildman–Crippen MR) is 232 cm³/mol. The van der Waals surface area contributed by atoms with E-state index in [1.54, 1.807) is 36.2 Å². The van der Waals surface area contributed by atoms with Gasteiger partial charge in [0.15, 0.2) is 10.2 Å². The number of carboxylic acid groups (broad SMARTS) is 5. The number of aryl methyl sites for hydroxylation is 1. The second-order valence-electron chi connectivity index (χ2n) is 14.7. The third-order valence-electron chi connectivity index (χ3n) is 10.0. The van der Waals surface area contributed by atoms with E-state index in [0.29, 0.717) is 61.4 Å². The van der Waals surface area contributed by atoms with Crippen molar-refractivity contribution >= 4 is 75.6 Å². The number of carboxylic acids is 5. The molecule has 0 saturated heterocycles. The Morgan fingerprint density at radius 1 is 0.726 bits per heavy atom. The van der Waals surface area contributed by atoms with Gasteiger partial charge in [-0.05, 0) is 73.3 Å². The summed E-state index contributed by atoms with van der Waals surface area (Å²) in [5, 5.41) is 57.5. The standard InChI is InChI=1S/C41H56N6O13S2/c1-42-34(48)15-10-27-8-13-31(14-9-27)62-40(59)16-18-60-19-17-43-41(61)44-29-11-6-28(7-12-29)20-30(45(22-35(49)50)23-36(51)52)21-46(24-37(53)54)32-4-2-3-5-33(32)47(25-38(55)56)26-39(57)58/h6-9,11-14,30,32-33H,2-5,10,15-26H2,1H3,(H,42,48)(H,49,50)(H,51,52)(H,53,54)(H,55,56)(H,57,58)(H2,43,44,61)/t30-,32-,33-/m0/s1. The van der Waals surface area contributed by atoms with Crippen molar-refractivity contribution in [1.29, 1.82) is 0 Å². The maximum atomic E-state index is 12.4. The number of nitrogens with one attached hydrogen (secondary N) is 3. The first-order valence-corrected chi connectivity index (χ1v) is 21.3. The number of carbonyl (C=O) groups is 7. The summed E-state index contributed by atoms with van der Waals surface area (Å²) in [6.45, 7) is -2.28. The number of amides is 1. The van der Waals surface area contributed by atoms with Crippen LogP contribution in [0.4, 0.5) is 5.69 Å². The van der Waals surface area contributed by atoms with Crippen molar-refractivity contribution in [2.75, 3.05) is 71.4 Å². The summed E-state index contributed by atoms with van der Waals surface area (Å²) in [5.74, 6) is -6.33. The maximum Gasteiger partial charge on any atom is 0.317 e. The Bertz CT molecular complexity index is 1800. The van der Waals surface area contributed by atoms with Gasteiger partial charge in [0.1, 0.15) is 0 Å². The fourth-order valence-electron chi connectivity index (χ4n) is 7.27. The van der Waals surface area contributed by atoms with Crippen molar-refractivity contribution in [3.05, 3.63) is 59.7 Å². The van der Waals surface area contributed by atoms with Gasteiger partial charge < -0.3 is 46.2 Å². The molecule has 340 valence electrons. The van der Waals surface area contributed by atoms with Crippen molar-refractivity contribution in [3.63, 3.8) is 0 Å². The number of aliphatic carboxylic acids is 5. The van der Waals surface area contributed by atoms with E-state index in [1.165, 1.54) is 9.80 Å². The topological polar surface area (TPSA) is 276 Å². The lowest BCUT2D eigenvalue weighted by molar-refractivity contribution is -0.146. The van der Waals surface area contributed by atoms with E-state index in [-0.39, 0.29) is 43.6 Å². The second-order valence-corrected chi connectivity index (χ2v) is 16.3. The molecule has 1 amide bonds. The zero-order chi connectivity index (χ0) is 45.6. The first-order chi connectivity index (χ1) is 29.5. The average molecular weight is 905 g/mol. The molecule has 1 fully saturated rings. The van der Waals surface area contributed by atoms with Crippen LogP contribution in [0.25, 0.3) is 0 Å². The molecule has 1 aliphatic carbocycles. The Morgan fingerprint density at radius 3 is 1.81 bits per heavy atom. The Labute approximate surface area is 369 Å². The molecule has 3 atom stereocenters. The van der Waals surface area contributed by atoms with Gasteiger partial charge in [-0.1, -0.05) is 48.9 Å². The molecule has 21 heteroatoms. The molecule has 8 N–H and O–H groups in total. The Balaban J connectivity index is 1.60. The van der Waals surface area contributed by atoms with Gasteiger partial charge in [-0.3, -0.25) is 48.3 Å². The van der Waals surface area contributed by atoms with E-state index < -0.39 is 80.7 Å². The van der Waals surface area contributed by atoms with Gasteiger partial charge in [0.25, 0.3) is 0 Å². The smallest absolute Gasteiger partial charge is 0.317 e. The summed E-state index contributed by atoms with van der Waals surface area (Å²) in [6, 6.07) is 12.3. The SMILES string of the molecule is CNC(=O)CCc1ccc(SC(=O)CCOCCNC(=S)Nc2ccc(C[C@@H](CN(CC(=O)O)[C@H]3CCCC[C@@H]3N(CC(=O)O)CC(=O)O)N(CC(=O)O)CC(=O)O)cc2)cc1. The number of thiocarbonyl (C=S) groups is 1. The minimum absolute atomic E-state index is 0.0341. The molecule has 62 heavy (non-hydrogen) atoms. The third-order valence-corrected chi connectivity index (χ3v) is 11.2. The monoisotopic (exact) mass is 904 g/mol. The molecule has 1 aliphatic rings. The highest BCUT2D eigenvalue weighted by atomic mass is 32.2. The average Bonchev–Trinajstić information content (AvgIpc) is 3.20. The zero-order valence-electron chi connectivity index (χ0n) is 34.5. The summed E-state index contributed by atoms with van der Waals surface area (Å²) in [5.41, 5.74) is 2.28. The van der Waals surface area contributed by atoms with Gasteiger partial charge in [0.05, 0.1) is 45.9 Å². The Kier molecular flexibility index (Phi) is 22.3. The number of nitrogens with zero attached hydrogens (tertiary/aromatic N) is 3. The Hall–Kier alpha value is -5.19. The van der Waals surface area contributed by atoms with Crippen molar-refractivity contribution < 1.29 is 63.8 Å². The van der Waals surface area contributed by atoms with Crippen LogP contribution in [0.2, 0.25) is 0 Å². The number of hydrogen-bond acceptors (Lipinski definition) is 13. The van der Waals surface area contributed by atoms with E-state index in [9.17, 15) is 59.1 Å². The van der Waals surface area contributed by atoms with Crippen LogP contribution in [-0.2, 0) is 51.1 Å². The molecule has 0 unspecified atom stereocenters. The summed E-state index contributed by atoms with van der Waals surface area (Å²) < 4.78 is 5.60. The van der Waals surface area contributed by atoms with Crippen LogP contribution in [0.3, 0.4) is 0 Å². The second kappa shape index (κ2) is 27.0. The van der Waals surface area contributed by atoms with Crippen LogP contribution in [0.15, 0.2) is 53.4 Å². The molecule has 2 aromatic rings. The lowest BCUT2D eigenvalue weighted by Gasteiger charge is -2.45. The Morgan fingerprint density at radius 2 is 1.26 bits per heavy atom. The third kappa shape index (κ3) is 19.7. The molecular formula is C41H56N6O13S2. The minimum Gasteiger partial charge on any atom is -0.480 e. The van der Waals surface area contributed by atoms with E-state index >= 15 is 0 Å². The number of hydrogen-bond donors (Lipinski definition) is 8. The zero-order valence-corrected chi connectivity index (χ0v) is 36.2. The van der Waals surface area contributed by atoms with Crippen LogP contribution < -0.4 is 16.0 Å². The number of rotatable bonds is 28. The lowest BCUT2D eigenvalue weighted by atomic mass is 9.87. The number of carbonyl (C=O) groups excluding carboxylic acids is 2. The van der Waals surface area contributed by atoms with Gasteiger partial charge in [0, 0.05) is 61.7 Å². The van der Waals surface area contributed by atoms with Gasteiger partial charge in [-0.25, -0.2) is 0 Å². The van der Waals surface area contributed by atoms with Crippen molar-refractivity contribution in [2.45, 2.75) is 74.4 Å². The van der Waals surface area contributed by atoms with Crippen molar-refractivity contribution in [3.8, 4) is 0 Å². The molecule has 0 spiro atoms. The highest BCUT2D eigenvalue weighted by Crippen LogP contribution is 2.29. The van der Waals surface area contributed by atoms with Crippen LogP contribution in [-0.4, -0.2) is 170 Å². The van der Waals surface area contributed by atoms with E-state index in [1.807, 2.05) is 24.3 Å². The molecule has 1 saturated carbocycles. The summed E-state index contributed by atoms with van der Waals surface area (Å²) >= 11 is 6.54. The molecule has 0 radical (unpaired) electrons. The highest BCUT2D eigenvalue weighted by molar-refractivity contribution is 8.13. The maximum absolute atomic E-state index is 12.4. The normalized spacial score (nSPS) is 15.5. The molecule has 2 aromatic carbocycles. The number of benzene rings is 2. The van der Waals surface area contributed by atoms with E-state index in [0.717, 1.165) is 22.2 Å². The minimum atomic E-state index is -1.29. The fraction of sp³-hybridized carbons (Fsp3) is 0.512. The highest BCUT2D eigenvalue weighted by Gasteiger charge is 2.38. The fourth-order valence-corrected chi connectivity index (χ4v) is 8.21. The molecule has 0 aliphatic heterocycles. The lowest BCUT2D eigenvalue weighted by Crippen LogP contribution is -2.59. The molecular weight excluding hydrogens is 849 g/mol. The molecule has 0 bridgehead atoms. The number of thioether (sulfide) groups is 1. The van der Waals surface area contributed by atoms with Gasteiger partial charge in [-0.15, -0.1) is 0 Å². The molecule has 19 nitrogen and oxygen atoms in total. The first kappa shape index (κ1) is 51.2. The van der Waals surface area contributed by atoms with Crippen LogP contribution >= 0.6 is 24.0 Å². The van der Waals surface area contributed by atoms with Gasteiger partial charge >= 0.3 is 29.8 Å². The van der Waals surface area contributed by atoms with Crippen molar-refractivity contribution in [2.24, 2.45) is 0 Å². The van der Waals surface area contributed by atoms with Crippen LogP contribution in [0.5, 0.6) is 0 Å². The van der Waals surface area contributed by atoms with Crippen LogP contribution in [0.1, 0.15) is 49.7 Å². The molecule has 0 aromatic heterocycles. The summed E-state index contributed by atoms with van der Waals surface area (Å²) in [6.07, 6.45) is 3.45. The largest absolute Gasteiger partial charge is 0.480 e. The van der Waals surface area contributed by atoms with Gasteiger partial charge in [-0.2, -0.15) is 0 Å². The summed E-state index contributed by atoms with van der Waals surface area (Å²) in [7, 11) is 1.60. The first-order valence-electron chi connectivity index (χ1n) is 20.1.